The van der Waals surface area contributed by atoms with Gasteiger partial charge in [-0.3, -0.25) is 4.79 Å². The minimum Gasteiger partial charge on any atom is -0.329 e. The summed E-state index contributed by atoms with van der Waals surface area (Å²) in [5, 5.41) is -0.170. The first-order valence-electron chi connectivity index (χ1n) is 8.70. The Labute approximate surface area is 173 Å². The van der Waals surface area contributed by atoms with E-state index in [1.807, 2.05) is 0 Å². The van der Waals surface area contributed by atoms with Crippen LogP contribution in [-0.2, 0) is 9.95 Å². The molecule has 0 aliphatic heterocycles. The van der Waals surface area contributed by atoms with Crippen LogP contribution in [0.2, 0.25) is 0 Å². The van der Waals surface area contributed by atoms with Crippen molar-refractivity contribution in [3.8, 4) is 11.3 Å². The minimum absolute atomic E-state index is 0.000409. The van der Waals surface area contributed by atoms with Crippen LogP contribution in [0.15, 0.2) is 24.3 Å². The van der Waals surface area contributed by atoms with Crippen LogP contribution in [0.1, 0.15) is 37.9 Å². The van der Waals surface area contributed by atoms with E-state index in [2.05, 4.69) is 23.5 Å². The molecule has 0 spiro atoms. The lowest BCUT2D eigenvalue weighted by Gasteiger charge is -2.30. The summed E-state index contributed by atoms with van der Waals surface area (Å²) >= 11 is 0. The van der Waals surface area contributed by atoms with Crippen LogP contribution in [0.5, 0.6) is 0 Å². The number of alkyl halides is 3. The number of benzene rings is 1. The topological polar surface area (TPSA) is 56.0 Å². The summed E-state index contributed by atoms with van der Waals surface area (Å²) in [6.45, 7) is 3.94. The third-order valence-electron chi connectivity index (χ3n) is 4.46. The van der Waals surface area contributed by atoms with Gasteiger partial charge in [-0.05, 0) is 26.1 Å². The Hall–Kier alpha value is -0.990. The van der Waals surface area contributed by atoms with Gasteiger partial charge in [0, 0.05) is 22.8 Å². The van der Waals surface area contributed by atoms with Crippen molar-refractivity contribution in [3.05, 3.63) is 41.3 Å². The fourth-order valence-electron chi connectivity index (χ4n) is 3.21. The summed E-state index contributed by atoms with van der Waals surface area (Å²) < 4.78 is 56.5. The van der Waals surface area contributed by atoms with Gasteiger partial charge in [0.15, 0.2) is 5.82 Å². The number of carbonyl (C=O) groups is 1. The minimum atomic E-state index is -4.64. The number of nitrogens with zero attached hydrogens (tertiary/aromatic N) is 1. The molecule has 2 N–H and O–H groups in total. The Morgan fingerprint density at radius 3 is 2.21 bits per heavy atom. The van der Waals surface area contributed by atoms with Gasteiger partial charge in [-0.1, -0.05) is 38.1 Å². The van der Waals surface area contributed by atoms with Gasteiger partial charge in [0.1, 0.15) is 17.1 Å². The lowest BCUT2D eigenvalue weighted by molar-refractivity contribution is -0.148. The third kappa shape index (κ3) is 5.39. The molecule has 4 atom stereocenters. The average Bonchev–Trinajstić information content (AvgIpc) is 2.56. The Morgan fingerprint density at radius 2 is 1.76 bits per heavy atom. The van der Waals surface area contributed by atoms with Crippen molar-refractivity contribution in [2.45, 2.75) is 38.0 Å². The Bertz CT molecular complexity index is 915. The second-order valence-electron chi connectivity index (χ2n) is 7.21. The molecule has 0 bridgehead atoms. The molecule has 3 nitrogen and oxygen atoms in total. The van der Waals surface area contributed by atoms with E-state index in [9.17, 15) is 18.0 Å². The SMILES string of the molecule is CC(=O)PC(C)(C)c1c(F)c(-c2ccc(P)cc2)nc([C@@H](CN)C(F)(F)F)c1P. The van der Waals surface area contributed by atoms with Crippen molar-refractivity contribution in [2.75, 3.05) is 6.54 Å². The normalized spacial score (nSPS) is 13.9. The summed E-state index contributed by atoms with van der Waals surface area (Å²) in [6.07, 6.45) is -4.64. The maximum Gasteiger partial charge on any atom is 0.398 e. The van der Waals surface area contributed by atoms with Crippen molar-refractivity contribution in [1.82, 2.24) is 4.98 Å². The molecule has 0 saturated carbocycles. The van der Waals surface area contributed by atoms with E-state index in [-0.39, 0.29) is 36.4 Å². The number of carbonyl (C=O) groups excluding carboxylic acids is 1. The number of hydrogen-bond donors (Lipinski definition) is 1. The van der Waals surface area contributed by atoms with Crippen LogP contribution in [0.25, 0.3) is 11.3 Å². The second kappa shape index (κ2) is 9.02. The molecule has 1 heterocycles. The first-order chi connectivity index (χ1) is 13.3. The maximum absolute atomic E-state index is 15.6. The molecule has 2 rings (SSSR count). The second-order valence-corrected chi connectivity index (χ2v) is 10.7. The fourth-order valence-corrected chi connectivity index (χ4v) is 5.55. The van der Waals surface area contributed by atoms with Gasteiger partial charge in [0.25, 0.3) is 0 Å². The number of pyridine rings is 1. The summed E-state index contributed by atoms with van der Waals surface area (Å²) in [7, 11) is 4.34. The molecule has 0 aliphatic carbocycles. The molecule has 2 aromatic rings. The highest BCUT2D eigenvalue weighted by Crippen LogP contribution is 2.45. The number of aromatic nitrogens is 1. The van der Waals surface area contributed by atoms with Crippen LogP contribution < -0.4 is 16.3 Å². The quantitative estimate of drug-likeness (QED) is 0.521. The van der Waals surface area contributed by atoms with Gasteiger partial charge in [-0.25, -0.2) is 9.37 Å². The Morgan fingerprint density at radius 1 is 1.21 bits per heavy atom. The first-order valence-corrected chi connectivity index (χ1v) is 10.9. The molecule has 10 heteroatoms. The van der Waals surface area contributed by atoms with Crippen molar-refractivity contribution < 1.29 is 22.4 Å². The number of hydrogen-bond acceptors (Lipinski definition) is 3. The highest BCUT2D eigenvalue weighted by Gasteiger charge is 2.43. The van der Waals surface area contributed by atoms with Crippen LogP contribution in [0.3, 0.4) is 0 Å². The third-order valence-corrected chi connectivity index (χ3v) is 6.66. The molecule has 0 fully saturated rings. The summed E-state index contributed by atoms with van der Waals surface area (Å²) in [4.78, 5) is 15.8. The molecule has 0 aliphatic rings. The molecular weight excluding hydrogens is 441 g/mol. The summed E-state index contributed by atoms with van der Waals surface area (Å²) in [5.41, 5.74) is 5.12. The number of rotatable bonds is 6. The molecule has 0 radical (unpaired) electrons. The van der Waals surface area contributed by atoms with Crippen molar-refractivity contribution in [2.24, 2.45) is 5.73 Å². The smallest absolute Gasteiger partial charge is 0.329 e. The summed E-state index contributed by atoms with van der Waals surface area (Å²) in [6, 6.07) is 6.58. The highest BCUT2D eigenvalue weighted by atomic mass is 31.1. The molecule has 0 amide bonds. The van der Waals surface area contributed by atoms with E-state index in [1.54, 1.807) is 38.1 Å². The average molecular weight is 464 g/mol. The van der Waals surface area contributed by atoms with Gasteiger partial charge < -0.3 is 5.73 Å². The van der Waals surface area contributed by atoms with Gasteiger partial charge in [-0.2, -0.15) is 13.2 Å². The Kier molecular flexibility index (Phi) is 7.55. The number of halogens is 4. The lowest BCUT2D eigenvalue weighted by Crippen LogP contribution is -2.35. The maximum atomic E-state index is 15.6. The van der Waals surface area contributed by atoms with Crippen molar-refractivity contribution in [1.29, 1.82) is 0 Å². The predicted molar refractivity (Wildman–Crippen MR) is 118 cm³/mol. The zero-order valence-corrected chi connectivity index (χ0v) is 19.5. The predicted octanol–water partition coefficient (Wildman–Crippen LogP) is 3.95. The monoisotopic (exact) mass is 464 g/mol. The molecule has 158 valence electrons. The lowest BCUT2D eigenvalue weighted by atomic mass is 9.94. The van der Waals surface area contributed by atoms with E-state index in [0.29, 0.717) is 5.56 Å². The van der Waals surface area contributed by atoms with Crippen molar-refractivity contribution in [3.63, 3.8) is 0 Å². The van der Waals surface area contributed by atoms with Crippen LogP contribution in [0, 0.1) is 5.82 Å². The van der Waals surface area contributed by atoms with E-state index < -0.39 is 29.6 Å². The zero-order chi connectivity index (χ0) is 22.1. The molecule has 0 saturated heterocycles. The van der Waals surface area contributed by atoms with E-state index in [0.717, 1.165) is 5.30 Å². The summed E-state index contributed by atoms with van der Waals surface area (Å²) in [5.74, 6) is -2.78. The molecule has 29 heavy (non-hydrogen) atoms. The molecule has 1 aromatic carbocycles. The van der Waals surface area contributed by atoms with Crippen molar-refractivity contribution >= 4 is 43.2 Å². The van der Waals surface area contributed by atoms with Crippen LogP contribution in [-0.4, -0.2) is 23.2 Å². The standard InChI is InChI=1S/C19H23F4N2OP3/c1-9(26)29-18(2,3)13-14(20)15(10-4-6-11(27)7-5-10)25-16(17(13)28)12(8-24)19(21,22)23/h4-7,12,29H,8,24,27-28H2,1-3H3/t12-/m1/s1. The van der Waals surface area contributed by atoms with Gasteiger partial charge in [0.05, 0.1) is 5.69 Å². The molecular formula is C19H23F4N2OP3. The largest absolute Gasteiger partial charge is 0.398 e. The van der Waals surface area contributed by atoms with Crippen LogP contribution >= 0.6 is 27.1 Å². The first kappa shape index (κ1) is 24.3. The highest BCUT2D eigenvalue weighted by molar-refractivity contribution is 7.58. The zero-order valence-electron chi connectivity index (χ0n) is 16.2. The fraction of sp³-hybridized carbons (Fsp3) is 0.368. The van der Waals surface area contributed by atoms with Gasteiger partial charge >= 0.3 is 6.18 Å². The Balaban J connectivity index is 2.88. The van der Waals surface area contributed by atoms with Gasteiger partial charge in [0.2, 0.25) is 0 Å². The van der Waals surface area contributed by atoms with E-state index in [1.165, 1.54) is 6.92 Å². The van der Waals surface area contributed by atoms with Crippen LogP contribution in [0.4, 0.5) is 17.6 Å². The molecule has 1 aromatic heterocycles. The molecule has 3 unspecified atom stereocenters. The van der Waals surface area contributed by atoms with E-state index >= 15 is 4.39 Å². The van der Waals surface area contributed by atoms with E-state index in [4.69, 9.17) is 5.73 Å². The van der Waals surface area contributed by atoms with Gasteiger partial charge in [-0.15, -0.1) is 18.5 Å². The number of nitrogens with two attached hydrogens (primary N) is 1.